The van der Waals surface area contributed by atoms with Crippen LogP contribution in [0.15, 0.2) is 73.1 Å². The van der Waals surface area contributed by atoms with Crippen LogP contribution >= 0.6 is 0 Å². The zero-order valence-electron chi connectivity index (χ0n) is 36.4. The molecule has 7 rings (SSSR count). The maximum atomic E-state index is 12.1. The van der Waals surface area contributed by atoms with Gasteiger partial charge in [0.25, 0.3) is 0 Å². The smallest absolute Gasteiger partial charge is 1.00 e. The predicted molar refractivity (Wildman–Crippen MR) is 239 cm³/mol. The normalized spacial score (nSPS) is 14.4. The van der Waals surface area contributed by atoms with E-state index in [1.165, 1.54) is 54.6 Å². The molecule has 1 atom stereocenters. The van der Waals surface area contributed by atoms with Gasteiger partial charge >= 0.3 is 32.1 Å². The molecule has 3 aliphatic heterocycles. The summed E-state index contributed by atoms with van der Waals surface area (Å²) in [5, 5.41) is 16.8. The Morgan fingerprint density at radius 1 is 0.730 bits per heavy atom. The van der Waals surface area contributed by atoms with E-state index in [-0.39, 0.29) is 55.2 Å². The van der Waals surface area contributed by atoms with E-state index in [2.05, 4.69) is 64.3 Å². The van der Waals surface area contributed by atoms with Gasteiger partial charge in [-0.2, -0.15) is 17.6 Å². The third-order valence-electron chi connectivity index (χ3n) is 9.93. The molecule has 1 fully saturated rings. The van der Waals surface area contributed by atoms with Crippen LogP contribution in [0.1, 0.15) is 99.3 Å². The molecule has 4 aromatic heterocycles. The van der Waals surface area contributed by atoms with Crippen LogP contribution < -0.4 is 39.0 Å². The number of fused-ring (bicyclic) bond motifs is 2. The molecule has 3 N–H and O–H groups in total. The van der Waals surface area contributed by atoms with Gasteiger partial charge in [0.1, 0.15) is 11.6 Å². The van der Waals surface area contributed by atoms with E-state index in [0.29, 0.717) is 24.0 Å². The van der Waals surface area contributed by atoms with Crippen molar-refractivity contribution < 1.29 is 62.0 Å². The van der Waals surface area contributed by atoms with E-state index in [4.69, 9.17) is 4.74 Å². The van der Waals surface area contributed by atoms with Crippen molar-refractivity contribution in [1.82, 2.24) is 19.9 Å². The summed E-state index contributed by atoms with van der Waals surface area (Å²) in [6.45, 7) is -1.83. The number of hydrogen-bond donors (Lipinski definition) is 3. The molecule has 17 heteroatoms. The number of allylic oxidation sites excluding steroid dienone is 1. The molecule has 7 heterocycles. The van der Waals surface area contributed by atoms with E-state index >= 15 is 0 Å². The van der Waals surface area contributed by atoms with Crippen LogP contribution in [-0.4, -0.2) is 93.8 Å². The van der Waals surface area contributed by atoms with E-state index in [9.17, 15) is 27.5 Å². The quantitative estimate of drug-likeness (QED) is 0.0514. The van der Waals surface area contributed by atoms with E-state index in [1.54, 1.807) is 30.4 Å². The summed E-state index contributed by atoms with van der Waals surface area (Å²) in [7, 11) is 0. The molecular weight excluding hydrogens is 826 g/mol. The van der Waals surface area contributed by atoms with Gasteiger partial charge in [0, 0.05) is 68.6 Å². The van der Waals surface area contributed by atoms with Crippen LogP contribution in [-0.2, 0) is 35.2 Å². The minimum absolute atomic E-state index is 0. The number of nitrogens with zero attached hydrogens (tertiary/aromatic N) is 4. The second kappa shape index (κ2) is 30.0. The molecule has 0 aliphatic carbocycles. The number of aromatic nitrogens is 4. The number of ketones is 1. The number of pyridine rings is 4. The first kappa shape index (κ1) is 53.1. The molecular formula is C46H60AlF4LiN6O5. The summed E-state index contributed by atoms with van der Waals surface area (Å²) in [4.78, 5) is 28.9. The van der Waals surface area contributed by atoms with Crippen LogP contribution in [0, 0.1) is 0 Å². The predicted octanol–water partition coefficient (Wildman–Crippen LogP) is 5.38. The van der Waals surface area contributed by atoms with Crippen molar-refractivity contribution in [2.24, 2.45) is 0 Å². The Kier molecular flexibility index (Phi) is 25.2. The number of alkyl halides is 4. The number of anilines is 2. The number of aliphatic hydroxyl groups excluding tert-OH is 1. The molecule has 1 saturated heterocycles. The van der Waals surface area contributed by atoms with Gasteiger partial charge in [-0.15, -0.1) is 0 Å². The number of unbranched alkanes of at least 4 members (excludes halogenated alkanes) is 2. The second-order valence-corrected chi connectivity index (χ2v) is 14.8. The van der Waals surface area contributed by atoms with Crippen molar-refractivity contribution in [3.8, 4) is 11.8 Å². The van der Waals surface area contributed by atoms with Crippen LogP contribution in [0.5, 0.6) is 11.8 Å². The first-order chi connectivity index (χ1) is 29.7. The monoisotopic (exact) mass is 886 g/mol. The number of rotatable bonds is 18. The van der Waals surface area contributed by atoms with Crippen molar-refractivity contribution in [3.63, 3.8) is 0 Å². The Bertz CT molecular complexity index is 1980. The van der Waals surface area contributed by atoms with Gasteiger partial charge in [-0.05, 0) is 136 Å². The van der Waals surface area contributed by atoms with Gasteiger partial charge in [-0.1, -0.05) is 30.7 Å². The number of carbonyl (C=O) groups is 1. The molecule has 1 unspecified atom stereocenters. The maximum absolute atomic E-state index is 12.1. The maximum Gasteiger partial charge on any atom is 1.00 e. The Labute approximate surface area is 391 Å². The van der Waals surface area contributed by atoms with E-state index in [0.717, 1.165) is 114 Å². The van der Waals surface area contributed by atoms with Gasteiger partial charge in [0.15, 0.2) is 23.1 Å². The first-order valence-electron chi connectivity index (χ1n) is 21.1. The molecule has 11 nitrogen and oxygen atoms in total. The Balaban J connectivity index is 0.000000379. The summed E-state index contributed by atoms with van der Waals surface area (Å²) in [6, 6.07) is 14.4. The average Bonchev–Trinajstić information content (AvgIpc) is 3.87. The third kappa shape index (κ3) is 20.8. The van der Waals surface area contributed by atoms with Crippen LogP contribution in [0.3, 0.4) is 0 Å². The zero-order chi connectivity index (χ0) is 43.1. The topological polar surface area (TPSA) is 141 Å². The van der Waals surface area contributed by atoms with Gasteiger partial charge in [0.2, 0.25) is 11.8 Å². The number of carbonyl (C=O) groups excluding carboxylic acids is 1. The van der Waals surface area contributed by atoms with Crippen LogP contribution in [0.2, 0.25) is 0 Å². The molecule has 0 radical (unpaired) electrons. The third-order valence-corrected chi connectivity index (χ3v) is 9.93. The van der Waals surface area contributed by atoms with Crippen molar-refractivity contribution in [1.29, 1.82) is 0 Å². The molecule has 0 spiro atoms. The molecule has 0 saturated carbocycles. The number of ether oxygens (including phenoxy) is 3. The number of nitrogens with one attached hydrogen (secondary N) is 2. The average molecular weight is 887 g/mol. The van der Waals surface area contributed by atoms with Crippen LogP contribution in [0.25, 0.3) is 12.2 Å². The number of aliphatic hydroxyl groups is 1. The largest absolute Gasteiger partial charge is 1.00 e. The second-order valence-electron chi connectivity index (χ2n) is 14.8. The molecule has 336 valence electrons. The van der Waals surface area contributed by atoms with Gasteiger partial charge in [-0.3, -0.25) is 4.79 Å². The Hall–Kier alpha value is -4.28. The summed E-state index contributed by atoms with van der Waals surface area (Å²) < 4.78 is 61.7. The zero-order valence-corrected chi connectivity index (χ0v) is 35.4. The van der Waals surface area contributed by atoms with Crippen molar-refractivity contribution >= 4 is 46.9 Å². The Morgan fingerprint density at radius 3 is 1.73 bits per heavy atom. The van der Waals surface area contributed by atoms with Gasteiger partial charge in [0.05, 0.1) is 6.10 Å². The fourth-order valence-electron chi connectivity index (χ4n) is 6.68. The first-order valence-corrected chi connectivity index (χ1v) is 21.1. The molecule has 3 aliphatic rings. The minimum atomic E-state index is -2.90. The molecule has 0 bridgehead atoms. The van der Waals surface area contributed by atoms with Crippen molar-refractivity contribution in [2.45, 2.75) is 109 Å². The minimum Gasteiger partial charge on any atom is -1.00 e. The number of hydrogen-bond acceptors (Lipinski definition) is 11. The van der Waals surface area contributed by atoms with Crippen LogP contribution in [0.4, 0.5) is 29.2 Å². The van der Waals surface area contributed by atoms with Gasteiger partial charge < -0.3 is 31.4 Å². The standard InChI is InChI=1S/C21H25F2N3O2.C21H23F2N3O2.C4H8O.Al.Li.4H/c2*22-21(23)28-19-12-8-15(14-25-19)7-11-18(27)6-2-1-5-17-10-9-16-4-3-13-24-20(16)26-17;1-2-4-5-3-1;;;;;;/h7-12,14,18,21,27H,1-6,13H2,(H,24,26);7-12,14,21H,1-6,13H2,(H,24,26);1-4H2;;;;;;/q;;;;+1;;;;-1/b2*11-7+;;;;;;;. The molecule has 0 aromatic carbocycles. The summed E-state index contributed by atoms with van der Waals surface area (Å²) in [6.07, 6.45) is 22.2. The van der Waals surface area contributed by atoms with Crippen molar-refractivity contribution in [3.05, 3.63) is 107 Å². The molecule has 4 aromatic rings. The van der Waals surface area contributed by atoms with E-state index < -0.39 is 19.3 Å². The SMILES string of the molecule is C1CCOC1.O=C(/C=C/c1ccc(OC(F)F)nc1)CCCCc1ccc2c(n1)NCCC2.OC(/C=C/c1ccc(OC(F)F)nc1)CCCCc1ccc2c(n1)NCCC2.[AlH3].[H-].[Li+]. The molecule has 0 amide bonds. The summed E-state index contributed by atoms with van der Waals surface area (Å²) >= 11 is 0. The fourth-order valence-corrected chi connectivity index (χ4v) is 6.68. The Morgan fingerprint density at radius 2 is 1.25 bits per heavy atom. The molecule has 63 heavy (non-hydrogen) atoms. The number of halogens is 4. The number of aryl methyl sites for hydroxylation is 4. The fraction of sp³-hybridized carbons (Fsp3) is 0.457. The van der Waals surface area contributed by atoms with Gasteiger partial charge in [-0.25, -0.2) is 19.9 Å². The summed E-state index contributed by atoms with van der Waals surface area (Å²) in [5.74, 6) is 1.77. The van der Waals surface area contributed by atoms with Crippen molar-refractivity contribution in [2.75, 3.05) is 36.9 Å². The van der Waals surface area contributed by atoms with E-state index in [1.807, 2.05) is 0 Å². The summed E-state index contributed by atoms with van der Waals surface area (Å²) in [5.41, 5.74) is 6.06.